The molecule has 1 saturated heterocycles. The molecule has 0 radical (unpaired) electrons. The molecule has 2 fully saturated rings. The van der Waals surface area contributed by atoms with Crippen molar-refractivity contribution in [2.24, 2.45) is 5.92 Å². The third-order valence-corrected chi connectivity index (χ3v) is 5.46. The summed E-state index contributed by atoms with van der Waals surface area (Å²) in [4.78, 5) is 31.6. The Morgan fingerprint density at radius 1 is 1.15 bits per heavy atom. The minimum atomic E-state index is -0.407. The molecule has 26 heavy (non-hydrogen) atoms. The van der Waals surface area contributed by atoms with Crippen LogP contribution in [0.15, 0.2) is 30.3 Å². The molecule has 0 N–H and O–H groups in total. The van der Waals surface area contributed by atoms with Gasteiger partial charge >= 0.3 is 0 Å². The number of nitrogens with zero attached hydrogens (tertiary/aromatic N) is 4. The number of nitro groups is 1. The molecule has 0 atom stereocenters. The summed E-state index contributed by atoms with van der Waals surface area (Å²) in [7, 11) is 0. The van der Waals surface area contributed by atoms with Crippen LogP contribution in [0.25, 0.3) is 10.9 Å². The lowest BCUT2D eigenvalue weighted by Gasteiger charge is -2.36. The third-order valence-electron chi connectivity index (χ3n) is 5.46. The van der Waals surface area contributed by atoms with E-state index < -0.39 is 4.92 Å². The molecule has 1 aromatic carbocycles. The molecule has 136 valence electrons. The van der Waals surface area contributed by atoms with Crippen LogP contribution in [0.4, 0.5) is 11.5 Å². The van der Waals surface area contributed by atoms with Crippen LogP contribution < -0.4 is 4.90 Å². The van der Waals surface area contributed by atoms with Gasteiger partial charge in [0.05, 0.1) is 17.0 Å². The number of carbonyl (C=O) groups excluding carboxylic acids is 1. The van der Waals surface area contributed by atoms with Crippen molar-refractivity contribution in [1.29, 1.82) is 0 Å². The van der Waals surface area contributed by atoms with Gasteiger partial charge in [-0.05, 0) is 37.0 Å². The van der Waals surface area contributed by atoms with Crippen molar-refractivity contribution in [2.75, 3.05) is 31.1 Å². The van der Waals surface area contributed by atoms with Crippen molar-refractivity contribution in [3.63, 3.8) is 0 Å². The van der Waals surface area contributed by atoms with Crippen LogP contribution in [0, 0.1) is 16.0 Å². The maximum atomic E-state index is 12.5. The quantitative estimate of drug-likeness (QED) is 0.623. The summed E-state index contributed by atoms with van der Waals surface area (Å²) in [5.74, 6) is 1.58. The normalized spacial score (nSPS) is 18.7. The highest BCUT2D eigenvalue weighted by molar-refractivity contribution is 5.85. The summed E-state index contributed by atoms with van der Waals surface area (Å²) in [5, 5.41) is 11.6. The van der Waals surface area contributed by atoms with Crippen molar-refractivity contribution in [3.05, 3.63) is 40.4 Å². The van der Waals surface area contributed by atoms with E-state index in [0.717, 1.165) is 30.8 Å². The first-order valence-electron chi connectivity index (χ1n) is 9.18. The SMILES string of the molecule is O=C1CN(c2ccc3cc([N+](=O)[O-])ccc3n2)CCN1CC1CCCC1. The minimum Gasteiger partial charge on any atom is -0.346 e. The van der Waals surface area contributed by atoms with Gasteiger partial charge in [-0.2, -0.15) is 0 Å². The maximum absolute atomic E-state index is 12.5. The van der Waals surface area contributed by atoms with Gasteiger partial charge in [0.25, 0.3) is 5.69 Å². The zero-order valence-corrected chi connectivity index (χ0v) is 14.6. The van der Waals surface area contributed by atoms with E-state index in [9.17, 15) is 14.9 Å². The number of anilines is 1. The molecular formula is C19H22N4O3. The highest BCUT2D eigenvalue weighted by Crippen LogP contribution is 2.27. The number of non-ortho nitro benzene ring substituents is 1. The Labute approximate surface area is 151 Å². The third kappa shape index (κ3) is 3.34. The number of nitro benzene ring substituents is 1. The highest BCUT2D eigenvalue weighted by Gasteiger charge is 2.27. The summed E-state index contributed by atoms with van der Waals surface area (Å²) in [6.45, 7) is 2.74. The number of rotatable bonds is 4. The van der Waals surface area contributed by atoms with Gasteiger partial charge in [-0.25, -0.2) is 4.98 Å². The second kappa shape index (κ2) is 6.90. The van der Waals surface area contributed by atoms with Crippen molar-refractivity contribution >= 4 is 28.3 Å². The molecule has 1 aromatic heterocycles. The number of aromatic nitrogens is 1. The minimum absolute atomic E-state index is 0.0581. The standard InChI is InChI=1S/C19H22N4O3/c24-19-13-21(9-10-22(19)12-14-3-1-2-4-14)18-8-5-15-11-16(23(25)26)6-7-17(15)20-18/h5-8,11,14H,1-4,9-10,12-13H2. The van der Waals surface area contributed by atoms with Gasteiger partial charge in [-0.3, -0.25) is 14.9 Å². The van der Waals surface area contributed by atoms with Crippen LogP contribution >= 0.6 is 0 Å². The zero-order valence-electron chi connectivity index (χ0n) is 14.6. The molecule has 0 spiro atoms. The lowest BCUT2D eigenvalue weighted by atomic mass is 10.1. The van der Waals surface area contributed by atoms with E-state index in [1.165, 1.54) is 37.8 Å². The van der Waals surface area contributed by atoms with Gasteiger partial charge in [0.1, 0.15) is 5.82 Å². The fourth-order valence-corrected chi connectivity index (χ4v) is 3.99. The Bertz CT molecular complexity index is 848. The predicted molar refractivity (Wildman–Crippen MR) is 99.1 cm³/mol. The van der Waals surface area contributed by atoms with E-state index in [2.05, 4.69) is 4.98 Å². The van der Waals surface area contributed by atoms with Crippen molar-refractivity contribution < 1.29 is 9.72 Å². The van der Waals surface area contributed by atoms with Crippen molar-refractivity contribution in [2.45, 2.75) is 25.7 Å². The van der Waals surface area contributed by atoms with E-state index in [1.54, 1.807) is 6.07 Å². The molecule has 1 aliphatic carbocycles. The summed E-state index contributed by atoms with van der Waals surface area (Å²) < 4.78 is 0. The Balaban J connectivity index is 1.47. The molecule has 1 amide bonds. The summed E-state index contributed by atoms with van der Waals surface area (Å²) in [6, 6.07) is 8.32. The topological polar surface area (TPSA) is 79.6 Å². The monoisotopic (exact) mass is 354 g/mol. The van der Waals surface area contributed by atoms with Gasteiger partial charge in [0, 0.05) is 37.2 Å². The van der Waals surface area contributed by atoms with Gasteiger partial charge in [-0.15, -0.1) is 0 Å². The molecule has 1 aliphatic heterocycles. The average molecular weight is 354 g/mol. The number of carbonyl (C=O) groups is 1. The number of benzene rings is 1. The highest BCUT2D eigenvalue weighted by atomic mass is 16.6. The lowest BCUT2D eigenvalue weighted by Crippen LogP contribution is -2.51. The second-order valence-corrected chi connectivity index (χ2v) is 7.22. The number of pyridine rings is 1. The summed E-state index contributed by atoms with van der Waals surface area (Å²) in [6.07, 6.45) is 5.06. The molecule has 2 aromatic rings. The first kappa shape index (κ1) is 16.8. The molecular weight excluding hydrogens is 332 g/mol. The molecule has 1 saturated carbocycles. The second-order valence-electron chi connectivity index (χ2n) is 7.22. The number of amides is 1. The zero-order chi connectivity index (χ0) is 18.1. The van der Waals surface area contributed by atoms with E-state index in [0.29, 0.717) is 18.0 Å². The maximum Gasteiger partial charge on any atom is 0.270 e. The van der Waals surface area contributed by atoms with Crippen molar-refractivity contribution in [1.82, 2.24) is 9.88 Å². The van der Waals surface area contributed by atoms with Crippen LogP contribution in [0.5, 0.6) is 0 Å². The first-order chi connectivity index (χ1) is 12.6. The molecule has 4 rings (SSSR count). The van der Waals surface area contributed by atoms with Crippen LogP contribution in [0.2, 0.25) is 0 Å². The van der Waals surface area contributed by atoms with E-state index in [4.69, 9.17) is 0 Å². The van der Waals surface area contributed by atoms with Gasteiger partial charge in [0.2, 0.25) is 5.91 Å². The number of fused-ring (bicyclic) bond motifs is 1. The molecule has 0 bridgehead atoms. The predicted octanol–water partition coefficient (Wildman–Crippen LogP) is 2.98. The first-order valence-corrected chi connectivity index (χ1v) is 9.18. The average Bonchev–Trinajstić information content (AvgIpc) is 3.15. The van der Waals surface area contributed by atoms with Crippen LogP contribution in [0.1, 0.15) is 25.7 Å². The molecule has 7 nitrogen and oxygen atoms in total. The Morgan fingerprint density at radius 2 is 1.96 bits per heavy atom. The van der Waals surface area contributed by atoms with Crippen molar-refractivity contribution in [3.8, 4) is 0 Å². The Hall–Kier alpha value is -2.70. The number of hydrogen-bond acceptors (Lipinski definition) is 5. The molecule has 0 unspecified atom stereocenters. The summed E-state index contributed by atoms with van der Waals surface area (Å²) >= 11 is 0. The lowest BCUT2D eigenvalue weighted by molar-refractivity contribution is -0.384. The number of hydrogen-bond donors (Lipinski definition) is 0. The smallest absolute Gasteiger partial charge is 0.270 e. The Kier molecular flexibility index (Phi) is 4.44. The fraction of sp³-hybridized carbons (Fsp3) is 0.474. The molecule has 7 heteroatoms. The number of piperazine rings is 1. The van der Waals surface area contributed by atoms with E-state index in [1.807, 2.05) is 21.9 Å². The van der Waals surface area contributed by atoms with Gasteiger partial charge in [0.15, 0.2) is 0 Å². The van der Waals surface area contributed by atoms with Crippen LogP contribution in [-0.4, -0.2) is 46.9 Å². The fourth-order valence-electron chi connectivity index (χ4n) is 3.99. The largest absolute Gasteiger partial charge is 0.346 e. The van der Waals surface area contributed by atoms with E-state index >= 15 is 0 Å². The summed E-state index contributed by atoms with van der Waals surface area (Å²) in [5.41, 5.74) is 0.761. The van der Waals surface area contributed by atoms with Gasteiger partial charge in [-0.1, -0.05) is 12.8 Å². The molecule has 2 aliphatic rings. The Morgan fingerprint density at radius 3 is 2.69 bits per heavy atom. The van der Waals surface area contributed by atoms with Crippen LogP contribution in [-0.2, 0) is 4.79 Å². The van der Waals surface area contributed by atoms with E-state index in [-0.39, 0.29) is 11.6 Å². The molecule has 2 heterocycles. The van der Waals surface area contributed by atoms with Gasteiger partial charge < -0.3 is 9.80 Å². The van der Waals surface area contributed by atoms with Crippen LogP contribution in [0.3, 0.4) is 0 Å².